The molecule has 0 fully saturated rings. The van der Waals surface area contributed by atoms with Crippen LogP contribution in [0, 0.1) is 0 Å². The summed E-state index contributed by atoms with van der Waals surface area (Å²) in [5.74, 6) is 2.79. The summed E-state index contributed by atoms with van der Waals surface area (Å²) in [7, 11) is 4.05. The van der Waals surface area contributed by atoms with E-state index < -0.39 is 0 Å². The molecule has 0 aliphatic heterocycles. The molecule has 10 heteroatoms. The summed E-state index contributed by atoms with van der Waals surface area (Å²) in [5, 5.41) is 7.47. The number of fused-ring (bicyclic) bond motifs is 1. The fourth-order valence-electron chi connectivity index (χ4n) is 2.81. The Balaban J connectivity index is 1.34. The molecule has 3 heterocycles. The lowest BCUT2D eigenvalue weighted by atomic mass is 10.1. The minimum Gasteiger partial charge on any atom is -0.492 e. The van der Waals surface area contributed by atoms with E-state index in [1.165, 1.54) is 10.1 Å². The highest BCUT2D eigenvalue weighted by Crippen LogP contribution is 2.18. The molecule has 0 bridgehead atoms. The zero-order valence-electron chi connectivity index (χ0n) is 16.9. The van der Waals surface area contributed by atoms with Gasteiger partial charge in [-0.15, -0.1) is 5.10 Å². The average molecular weight is 408 g/mol. The zero-order valence-corrected chi connectivity index (χ0v) is 16.9. The quantitative estimate of drug-likeness (QED) is 0.428. The summed E-state index contributed by atoms with van der Waals surface area (Å²) in [6.45, 7) is 2.20. The molecule has 156 valence electrons. The molecule has 3 aromatic heterocycles. The minimum absolute atomic E-state index is 0.201. The number of aromatic nitrogens is 5. The van der Waals surface area contributed by atoms with Crippen LogP contribution < -0.4 is 15.8 Å². The predicted molar refractivity (Wildman–Crippen MR) is 113 cm³/mol. The van der Waals surface area contributed by atoms with E-state index in [0.29, 0.717) is 36.5 Å². The van der Waals surface area contributed by atoms with Gasteiger partial charge in [-0.2, -0.15) is 19.5 Å². The normalized spacial score (nSPS) is 11.3. The van der Waals surface area contributed by atoms with Gasteiger partial charge in [0.15, 0.2) is 5.76 Å². The van der Waals surface area contributed by atoms with Crippen molar-refractivity contribution in [3.8, 4) is 17.3 Å². The summed E-state index contributed by atoms with van der Waals surface area (Å²) < 4.78 is 12.4. The largest absolute Gasteiger partial charge is 0.492 e. The SMILES string of the molecule is CN(C)CCOc1ccc(CCNc2nc(N)n3nc(-c4ccco4)nc3n2)cc1. The molecule has 3 N–H and O–H groups in total. The minimum atomic E-state index is 0.201. The van der Waals surface area contributed by atoms with Crippen LogP contribution in [0.5, 0.6) is 5.75 Å². The van der Waals surface area contributed by atoms with Gasteiger partial charge in [-0.1, -0.05) is 12.1 Å². The number of rotatable bonds is 9. The van der Waals surface area contributed by atoms with Crippen molar-refractivity contribution in [2.75, 3.05) is 44.8 Å². The second-order valence-corrected chi connectivity index (χ2v) is 7.00. The highest BCUT2D eigenvalue weighted by Gasteiger charge is 2.13. The number of furan rings is 1. The summed E-state index contributed by atoms with van der Waals surface area (Å²) in [5.41, 5.74) is 7.18. The third-order valence-corrected chi connectivity index (χ3v) is 4.40. The van der Waals surface area contributed by atoms with E-state index >= 15 is 0 Å². The molecule has 0 spiro atoms. The fraction of sp³-hybridized carbons (Fsp3) is 0.300. The van der Waals surface area contributed by atoms with Gasteiger partial charge in [0.1, 0.15) is 12.4 Å². The van der Waals surface area contributed by atoms with Crippen molar-refractivity contribution in [3.05, 3.63) is 48.2 Å². The third-order valence-electron chi connectivity index (χ3n) is 4.40. The van der Waals surface area contributed by atoms with Crippen LogP contribution >= 0.6 is 0 Å². The molecule has 1 aromatic carbocycles. The molecule has 30 heavy (non-hydrogen) atoms. The van der Waals surface area contributed by atoms with Gasteiger partial charge in [-0.05, 0) is 50.3 Å². The van der Waals surface area contributed by atoms with Crippen LogP contribution in [0.1, 0.15) is 5.56 Å². The molecule has 0 aliphatic carbocycles. The first-order valence-corrected chi connectivity index (χ1v) is 9.63. The highest BCUT2D eigenvalue weighted by molar-refractivity contribution is 5.52. The number of nitrogens with zero attached hydrogens (tertiary/aromatic N) is 6. The number of anilines is 2. The van der Waals surface area contributed by atoms with Crippen molar-refractivity contribution in [3.63, 3.8) is 0 Å². The van der Waals surface area contributed by atoms with E-state index in [0.717, 1.165) is 18.7 Å². The molecule has 0 aliphatic rings. The van der Waals surface area contributed by atoms with Crippen LogP contribution in [-0.2, 0) is 6.42 Å². The maximum Gasteiger partial charge on any atom is 0.259 e. The topological polar surface area (TPSA) is 120 Å². The standard InChI is InChI=1S/C20H24N8O2/c1-27(2)11-13-29-15-7-5-14(6-8-15)9-10-22-19-24-18(21)28-20(25-19)23-17(26-28)16-4-3-12-30-16/h3-8,12H,9-11,13H2,1-2H3,(H3,21,22,23,24,25,26). The van der Waals surface area contributed by atoms with Crippen molar-refractivity contribution >= 4 is 17.7 Å². The molecule has 0 atom stereocenters. The number of nitrogens with one attached hydrogen (secondary N) is 1. The van der Waals surface area contributed by atoms with Gasteiger partial charge in [-0.25, -0.2) is 0 Å². The van der Waals surface area contributed by atoms with Crippen LogP contribution in [0.15, 0.2) is 47.1 Å². The number of hydrogen-bond donors (Lipinski definition) is 2. The van der Waals surface area contributed by atoms with E-state index in [9.17, 15) is 0 Å². The van der Waals surface area contributed by atoms with Crippen molar-refractivity contribution in [2.24, 2.45) is 0 Å². The second-order valence-electron chi connectivity index (χ2n) is 7.00. The third kappa shape index (κ3) is 4.66. The Bertz CT molecular complexity index is 1090. The number of nitrogen functional groups attached to an aromatic ring is 1. The maximum absolute atomic E-state index is 6.00. The first-order chi connectivity index (χ1) is 14.6. The maximum atomic E-state index is 6.00. The van der Waals surface area contributed by atoms with E-state index in [2.05, 4.69) is 42.4 Å². The Labute approximate surface area is 173 Å². The van der Waals surface area contributed by atoms with Crippen LogP contribution in [0.3, 0.4) is 0 Å². The molecular formula is C20H24N8O2. The predicted octanol–water partition coefficient (Wildman–Crippen LogP) is 1.96. The first-order valence-electron chi connectivity index (χ1n) is 9.63. The lowest BCUT2D eigenvalue weighted by Gasteiger charge is -2.11. The summed E-state index contributed by atoms with van der Waals surface area (Å²) in [6, 6.07) is 11.6. The second kappa shape index (κ2) is 8.78. The number of ether oxygens (including phenoxy) is 1. The zero-order chi connectivity index (χ0) is 20.9. The summed E-state index contributed by atoms with van der Waals surface area (Å²) >= 11 is 0. The smallest absolute Gasteiger partial charge is 0.259 e. The Hall–Kier alpha value is -3.66. The van der Waals surface area contributed by atoms with Gasteiger partial charge < -0.3 is 25.1 Å². The Morgan fingerprint density at radius 1 is 1.13 bits per heavy atom. The molecular weight excluding hydrogens is 384 g/mol. The molecule has 0 saturated heterocycles. The van der Waals surface area contributed by atoms with E-state index in [-0.39, 0.29) is 5.95 Å². The van der Waals surface area contributed by atoms with Crippen molar-refractivity contribution in [1.29, 1.82) is 0 Å². The number of hydrogen-bond acceptors (Lipinski definition) is 9. The van der Waals surface area contributed by atoms with Gasteiger partial charge in [0.25, 0.3) is 5.78 Å². The lowest BCUT2D eigenvalue weighted by molar-refractivity contribution is 0.261. The van der Waals surface area contributed by atoms with Gasteiger partial charge in [0.05, 0.1) is 6.26 Å². The van der Waals surface area contributed by atoms with Gasteiger partial charge in [0, 0.05) is 13.1 Å². The Morgan fingerprint density at radius 3 is 2.70 bits per heavy atom. The number of benzene rings is 1. The van der Waals surface area contributed by atoms with Crippen LogP contribution in [0.2, 0.25) is 0 Å². The molecule has 0 unspecified atom stereocenters. The van der Waals surface area contributed by atoms with Crippen LogP contribution in [0.25, 0.3) is 17.4 Å². The molecule has 4 rings (SSSR count). The Kier molecular flexibility index (Phi) is 5.75. The van der Waals surface area contributed by atoms with E-state index in [1.54, 1.807) is 18.4 Å². The van der Waals surface area contributed by atoms with Gasteiger partial charge in [-0.3, -0.25) is 0 Å². The molecule has 0 radical (unpaired) electrons. The summed E-state index contributed by atoms with van der Waals surface area (Å²) in [6.07, 6.45) is 2.36. The fourth-order valence-corrected chi connectivity index (χ4v) is 2.81. The summed E-state index contributed by atoms with van der Waals surface area (Å²) in [4.78, 5) is 15.1. The van der Waals surface area contributed by atoms with Crippen molar-refractivity contribution in [1.82, 2.24) is 29.5 Å². The van der Waals surface area contributed by atoms with Crippen LogP contribution in [-0.4, -0.2) is 63.3 Å². The van der Waals surface area contributed by atoms with Crippen molar-refractivity contribution in [2.45, 2.75) is 6.42 Å². The van der Waals surface area contributed by atoms with E-state index in [1.807, 2.05) is 26.2 Å². The van der Waals surface area contributed by atoms with Gasteiger partial charge >= 0.3 is 0 Å². The van der Waals surface area contributed by atoms with E-state index in [4.69, 9.17) is 14.9 Å². The molecule has 10 nitrogen and oxygen atoms in total. The number of nitrogens with two attached hydrogens (primary N) is 1. The van der Waals surface area contributed by atoms with Crippen LogP contribution in [0.4, 0.5) is 11.9 Å². The Morgan fingerprint density at radius 2 is 1.97 bits per heavy atom. The van der Waals surface area contributed by atoms with Gasteiger partial charge in [0.2, 0.25) is 17.7 Å². The van der Waals surface area contributed by atoms with Crippen molar-refractivity contribution < 1.29 is 9.15 Å². The lowest BCUT2D eigenvalue weighted by Crippen LogP contribution is -2.19. The average Bonchev–Trinajstić information content (AvgIpc) is 3.39. The monoisotopic (exact) mass is 408 g/mol. The molecule has 0 amide bonds. The highest BCUT2D eigenvalue weighted by atomic mass is 16.5. The molecule has 0 saturated carbocycles. The molecule has 4 aromatic rings. The first kappa shape index (κ1) is 19.6. The number of likely N-dealkylation sites (N-methyl/N-ethyl adjacent to an activating group) is 1.